The van der Waals surface area contributed by atoms with Gasteiger partial charge in [-0.25, -0.2) is 12.8 Å². The molecular formula is C22H26FN3O4S. The number of nitrogens with zero attached hydrogens (tertiary/aromatic N) is 1. The Kier molecular flexibility index (Phi) is 7.40. The molecule has 0 bridgehead atoms. The van der Waals surface area contributed by atoms with Crippen molar-refractivity contribution in [3.05, 3.63) is 65.5 Å². The number of carbonyl (C=O) groups excluding carboxylic acids is 2. The standard InChI is InChI=1S/C22H26FN3O4S/c1-16-6-4-5-15-26(16)31(29,30)18-11-9-17(10-12-18)21(27)24-13-14-25-22(28)19-7-2-3-8-20(19)23/h2-3,7-12,16H,4-6,13-15H2,1H3,(H,24,27)(H,25,28). The minimum absolute atomic E-state index is 0.0405. The summed E-state index contributed by atoms with van der Waals surface area (Å²) >= 11 is 0. The molecule has 2 aromatic carbocycles. The van der Waals surface area contributed by atoms with Crippen LogP contribution in [0.3, 0.4) is 0 Å². The number of halogens is 1. The van der Waals surface area contributed by atoms with Gasteiger partial charge in [0.15, 0.2) is 0 Å². The predicted octanol–water partition coefficient (Wildman–Crippen LogP) is 2.55. The van der Waals surface area contributed by atoms with Gasteiger partial charge in [0.25, 0.3) is 11.8 Å². The van der Waals surface area contributed by atoms with Gasteiger partial charge in [-0.1, -0.05) is 18.6 Å². The van der Waals surface area contributed by atoms with Crippen LogP contribution in [-0.4, -0.2) is 50.2 Å². The van der Waals surface area contributed by atoms with Crippen LogP contribution in [-0.2, 0) is 10.0 Å². The lowest BCUT2D eigenvalue weighted by Gasteiger charge is -2.32. The van der Waals surface area contributed by atoms with E-state index in [0.29, 0.717) is 12.1 Å². The number of hydrogen-bond acceptors (Lipinski definition) is 4. The monoisotopic (exact) mass is 447 g/mol. The fraction of sp³-hybridized carbons (Fsp3) is 0.364. The van der Waals surface area contributed by atoms with Crippen LogP contribution in [0.5, 0.6) is 0 Å². The van der Waals surface area contributed by atoms with E-state index in [-0.39, 0.29) is 29.6 Å². The van der Waals surface area contributed by atoms with Crippen molar-refractivity contribution in [3.63, 3.8) is 0 Å². The van der Waals surface area contributed by atoms with Crippen LogP contribution in [0, 0.1) is 5.82 Å². The Morgan fingerprint density at radius 2 is 1.65 bits per heavy atom. The van der Waals surface area contributed by atoms with Crippen LogP contribution in [0.2, 0.25) is 0 Å². The molecule has 0 aromatic heterocycles. The largest absolute Gasteiger partial charge is 0.350 e. The Bertz CT molecular complexity index is 1040. The minimum Gasteiger partial charge on any atom is -0.350 e. The maximum Gasteiger partial charge on any atom is 0.254 e. The van der Waals surface area contributed by atoms with Gasteiger partial charge < -0.3 is 10.6 Å². The third-order valence-corrected chi connectivity index (χ3v) is 7.31. The normalized spacial score (nSPS) is 17.2. The summed E-state index contributed by atoms with van der Waals surface area (Å²) in [5.41, 5.74) is 0.250. The zero-order valence-electron chi connectivity index (χ0n) is 17.3. The van der Waals surface area contributed by atoms with Crippen LogP contribution in [0.15, 0.2) is 53.4 Å². The molecule has 2 N–H and O–H groups in total. The lowest BCUT2D eigenvalue weighted by atomic mass is 10.1. The van der Waals surface area contributed by atoms with Crippen LogP contribution in [0.25, 0.3) is 0 Å². The maximum absolute atomic E-state index is 13.6. The summed E-state index contributed by atoms with van der Waals surface area (Å²) in [4.78, 5) is 24.4. The Morgan fingerprint density at radius 1 is 1.00 bits per heavy atom. The van der Waals surface area contributed by atoms with Crippen molar-refractivity contribution in [1.82, 2.24) is 14.9 Å². The lowest BCUT2D eigenvalue weighted by Crippen LogP contribution is -2.41. The van der Waals surface area contributed by atoms with Crippen molar-refractivity contribution in [3.8, 4) is 0 Å². The third-order valence-electron chi connectivity index (χ3n) is 5.28. The van der Waals surface area contributed by atoms with Gasteiger partial charge >= 0.3 is 0 Å². The van der Waals surface area contributed by atoms with E-state index < -0.39 is 27.7 Å². The van der Waals surface area contributed by atoms with Gasteiger partial charge in [0, 0.05) is 31.2 Å². The molecule has 1 aliphatic rings. The molecule has 7 nitrogen and oxygen atoms in total. The Balaban J connectivity index is 1.52. The van der Waals surface area contributed by atoms with Crippen molar-refractivity contribution in [2.45, 2.75) is 37.1 Å². The molecule has 1 aliphatic heterocycles. The van der Waals surface area contributed by atoms with E-state index in [1.165, 1.54) is 46.8 Å². The molecule has 1 atom stereocenters. The highest BCUT2D eigenvalue weighted by Gasteiger charge is 2.30. The summed E-state index contributed by atoms with van der Waals surface area (Å²) in [6.07, 6.45) is 2.71. The van der Waals surface area contributed by atoms with Crippen LogP contribution in [0.4, 0.5) is 4.39 Å². The zero-order valence-corrected chi connectivity index (χ0v) is 18.1. The van der Waals surface area contributed by atoms with Crippen LogP contribution in [0.1, 0.15) is 46.9 Å². The predicted molar refractivity (Wildman–Crippen MR) is 115 cm³/mol. The second-order valence-electron chi connectivity index (χ2n) is 7.48. The second kappa shape index (κ2) is 10.0. The average Bonchev–Trinajstić information content (AvgIpc) is 2.77. The highest BCUT2D eigenvalue weighted by atomic mass is 32.2. The molecular weight excluding hydrogens is 421 g/mol. The Morgan fingerprint density at radius 3 is 2.29 bits per heavy atom. The molecule has 2 amide bonds. The highest BCUT2D eigenvalue weighted by molar-refractivity contribution is 7.89. The molecule has 0 spiro atoms. The molecule has 31 heavy (non-hydrogen) atoms. The fourth-order valence-electron chi connectivity index (χ4n) is 3.54. The van der Waals surface area contributed by atoms with Gasteiger partial charge in [0.05, 0.1) is 10.5 Å². The molecule has 1 fully saturated rings. The molecule has 166 valence electrons. The first-order chi connectivity index (χ1) is 14.8. The minimum atomic E-state index is -3.59. The van der Waals surface area contributed by atoms with Crippen LogP contribution >= 0.6 is 0 Å². The number of benzene rings is 2. The van der Waals surface area contributed by atoms with Crippen molar-refractivity contribution >= 4 is 21.8 Å². The lowest BCUT2D eigenvalue weighted by molar-refractivity contribution is 0.0925. The highest BCUT2D eigenvalue weighted by Crippen LogP contribution is 2.25. The van der Waals surface area contributed by atoms with E-state index in [1.54, 1.807) is 6.07 Å². The molecule has 0 saturated carbocycles. The summed E-state index contributed by atoms with van der Waals surface area (Å²) in [5.74, 6) is -1.57. The molecule has 0 radical (unpaired) electrons. The number of hydrogen-bond donors (Lipinski definition) is 2. The molecule has 1 saturated heterocycles. The first-order valence-corrected chi connectivity index (χ1v) is 11.7. The van der Waals surface area contributed by atoms with E-state index in [1.807, 2.05) is 6.92 Å². The Hall–Kier alpha value is -2.78. The van der Waals surface area contributed by atoms with Crippen molar-refractivity contribution in [2.24, 2.45) is 0 Å². The molecule has 9 heteroatoms. The second-order valence-corrected chi connectivity index (χ2v) is 9.37. The SMILES string of the molecule is CC1CCCCN1S(=O)(=O)c1ccc(C(=O)NCCNC(=O)c2ccccc2F)cc1. The summed E-state index contributed by atoms with van der Waals surface area (Å²) in [5, 5.41) is 5.18. The van der Waals surface area contributed by atoms with Crippen molar-refractivity contribution in [1.29, 1.82) is 0 Å². The summed E-state index contributed by atoms with van der Waals surface area (Å²) in [7, 11) is -3.59. The van der Waals surface area contributed by atoms with Gasteiger partial charge in [0.2, 0.25) is 10.0 Å². The first kappa shape index (κ1) is 22.9. The van der Waals surface area contributed by atoms with E-state index in [4.69, 9.17) is 0 Å². The van der Waals surface area contributed by atoms with Gasteiger partial charge in [-0.15, -0.1) is 0 Å². The maximum atomic E-state index is 13.6. The molecule has 1 unspecified atom stereocenters. The molecule has 1 heterocycles. The van der Waals surface area contributed by atoms with Gasteiger partial charge in [-0.05, 0) is 56.2 Å². The van der Waals surface area contributed by atoms with E-state index >= 15 is 0 Å². The van der Waals surface area contributed by atoms with Crippen molar-refractivity contribution in [2.75, 3.05) is 19.6 Å². The van der Waals surface area contributed by atoms with Gasteiger partial charge in [-0.3, -0.25) is 9.59 Å². The molecule has 2 aromatic rings. The van der Waals surface area contributed by atoms with Gasteiger partial charge in [0.1, 0.15) is 5.82 Å². The quantitative estimate of drug-likeness (QED) is 0.638. The fourth-order valence-corrected chi connectivity index (χ4v) is 5.24. The van der Waals surface area contributed by atoms with Crippen molar-refractivity contribution < 1.29 is 22.4 Å². The Labute approximate surface area is 181 Å². The van der Waals surface area contributed by atoms with E-state index in [0.717, 1.165) is 19.3 Å². The first-order valence-electron chi connectivity index (χ1n) is 10.2. The number of carbonyl (C=O) groups is 2. The third kappa shape index (κ3) is 5.48. The summed E-state index contributed by atoms with van der Waals surface area (Å²) in [6.45, 7) is 2.68. The van der Waals surface area contributed by atoms with Gasteiger partial charge in [-0.2, -0.15) is 4.31 Å². The van der Waals surface area contributed by atoms with Crippen LogP contribution < -0.4 is 10.6 Å². The number of piperidine rings is 1. The average molecular weight is 448 g/mol. The summed E-state index contributed by atoms with van der Waals surface area (Å²) in [6, 6.07) is 11.4. The number of sulfonamides is 1. The smallest absolute Gasteiger partial charge is 0.254 e. The topological polar surface area (TPSA) is 95.6 Å². The number of nitrogens with one attached hydrogen (secondary N) is 2. The number of rotatable bonds is 7. The molecule has 0 aliphatic carbocycles. The van der Waals surface area contributed by atoms with E-state index in [2.05, 4.69) is 10.6 Å². The summed E-state index contributed by atoms with van der Waals surface area (Å²) < 4.78 is 40.8. The zero-order chi connectivity index (χ0) is 22.4. The number of amides is 2. The molecule has 3 rings (SSSR count). The van der Waals surface area contributed by atoms with E-state index in [9.17, 15) is 22.4 Å².